The summed E-state index contributed by atoms with van der Waals surface area (Å²) in [5, 5.41) is 9.57. The number of benzene rings is 4. The van der Waals surface area contributed by atoms with Gasteiger partial charge in [0.15, 0.2) is 0 Å². The molecule has 0 amide bonds. The maximum Gasteiger partial charge on any atom is -0.00155 e. The Balaban J connectivity index is 1.41. The topological polar surface area (TPSA) is 0 Å². The predicted molar refractivity (Wildman–Crippen MR) is 207 cm³/mol. The number of fused-ring (bicyclic) bond motifs is 2. The SMILES string of the molecule is c1ccc2c(-c3c(P(C4CCCCC4)C4CCCCC4)ccc4ccccc34)c(P(C3CCCCC3)C3CCCCC3)ccc2c1. The zero-order chi connectivity index (χ0) is 30.7. The van der Waals surface area contributed by atoms with Gasteiger partial charge in [0.1, 0.15) is 0 Å². The van der Waals surface area contributed by atoms with Crippen LogP contribution in [0.5, 0.6) is 0 Å². The van der Waals surface area contributed by atoms with E-state index in [4.69, 9.17) is 0 Å². The summed E-state index contributed by atoms with van der Waals surface area (Å²) in [6, 6.07) is 29.5. The van der Waals surface area contributed by atoms with Crippen molar-refractivity contribution in [3.8, 4) is 11.1 Å². The predicted octanol–water partition coefficient (Wildman–Crippen LogP) is 13.2. The molecule has 0 unspecified atom stereocenters. The Labute approximate surface area is 282 Å². The van der Waals surface area contributed by atoms with Crippen molar-refractivity contribution in [2.24, 2.45) is 0 Å². The summed E-state index contributed by atoms with van der Waals surface area (Å²) in [5.74, 6) is 0. The summed E-state index contributed by atoms with van der Waals surface area (Å²) < 4.78 is 0. The first-order chi connectivity index (χ1) is 22.9. The minimum absolute atomic E-state index is 0.219. The van der Waals surface area contributed by atoms with Crippen LogP contribution in [0, 0.1) is 0 Å². The summed E-state index contributed by atoms with van der Waals surface area (Å²) in [5.41, 5.74) is 7.00. The second-order valence-electron chi connectivity index (χ2n) is 15.3. The Morgan fingerprint density at radius 3 is 0.957 bits per heavy atom. The molecule has 0 saturated heterocycles. The zero-order valence-electron chi connectivity index (χ0n) is 28.3. The molecule has 4 aromatic rings. The monoisotopic (exact) mass is 646 g/mol. The number of rotatable bonds is 7. The minimum atomic E-state index is -0.219. The third kappa shape index (κ3) is 6.37. The third-order valence-corrected chi connectivity index (χ3v) is 19.6. The van der Waals surface area contributed by atoms with Gasteiger partial charge in [-0.3, -0.25) is 0 Å². The fraction of sp³-hybridized carbons (Fsp3) is 0.545. The lowest BCUT2D eigenvalue weighted by Gasteiger charge is -2.42. The van der Waals surface area contributed by atoms with Gasteiger partial charge in [-0.2, -0.15) is 0 Å². The van der Waals surface area contributed by atoms with Crippen molar-refractivity contribution in [2.45, 2.75) is 151 Å². The fourth-order valence-electron chi connectivity index (χ4n) is 10.3. The lowest BCUT2D eigenvalue weighted by atomic mass is 9.93. The van der Waals surface area contributed by atoms with Crippen LogP contribution in [0.3, 0.4) is 0 Å². The quantitative estimate of drug-likeness (QED) is 0.175. The summed E-state index contributed by atoms with van der Waals surface area (Å²) in [4.78, 5) is 0. The summed E-state index contributed by atoms with van der Waals surface area (Å²) in [6.07, 6.45) is 29.2. The largest absolute Gasteiger partial charge is 0.0683 e. The molecular formula is C44H56P2. The van der Waals surface area contributed by atoms with Gasteiger partial charge in [0.25, 0.3) is 0 Å². The molecule has 4 aliphatic rings. The normalized spacial score (nSPS) is 21.5. The third-order valence-electron chi connectivity index (χ3n) is 12.5. The summed E-state index contributed by atoms with van der Waals surface area (Å²) in [6.45, 7) is 0. The van der Waals surface area contributed by atoms with Crippen molar-refractivity contribution >= 4 is 48.0 Å². The van der Waals surface area contributed by atoms with Crippen LogP contribution in [-0.2, 0) is 0 Å². The van der Waals surface area contributed by atoms with Crippen molar-refractivity contribution in [1.82, 2.24) is 0 Å². The van der Waals surface area contributed by atoms with Crippen molar-refractivity contribution in [1.29, 1.82) is 0 Å². The first kappa shape index (κ1) is 31.5. The zero-order valence-corrected chi connectivity index (χ0v) is 30.1. The maximum atomic E-state index is 2.70. The molecule has 8 rings (SSSR count). The van der Waals surface area contributed by atoms with Crippen molar-refractivity contribution in [3.63, 3.8) is 0 Å². The molecular weight excluding hydrogens is 590 g/mol. The molecule has 0 bridgehead atoms. The van der Waals surface area contributed by atoms with Crippen LogP contribution in [0.2, 0.25) is 0 Å². The van der Waals surface area contributed by atoms with Gasteiger partial charge in [-0.15, -0.1) is 0 Å². The molecule has 0 radical (unpaired) electrons. The molecule has 0 aliphatic heterocycles. The summed E-state index contributed by atoms with van der Waals surface area (Å²) in [7, 11) is -0.437. The van der Waals surface area contributed by atoms with Crippen LogP contribution in [-0.4, -0.2) is 22.6 Å². The first-order valence-electron chi connectivity index (χ1n) is 19.5. The molecule has 2 heteroatoms. The van der Waals surface area contributed by atoms with Crippen LogP contribution in [0.25, 0.3) is 32.7 Å². The minimum Gasteiger partial charge on any atom is -0.0683 e. The van der Waals surface area contributed by atoms with Crippen LogP contribution < -0.4 is 10.6 Å². The highest BCUT2D eigenvalue weighted by Crippen LogP contribution is 2.60. The molecule has 0 spiro atoms. The van der Waals surface area contributed by atoms with E-state index in [0.29, 0.717) is 0 Å². The Morgan fingerprint density at radius 2 is 0.630 bits per heavy atom. The fourth-order valence-corrected chi connectivity index (χ4v) is 18.2. The molecule has 0 N–H and O–H groups in total. The van der Waals surface area contributed by atoms with Gasteiger partial charge >= 0.3 is 0 Å². The van der Waals surface area contributed by atoms with E-state index < -0.39 is 0 Å². The molecule has 0 heterocycles. The van der Waals surface area contributed by atoms with Gasteiger partial charge < -0.3 is 0 Å². The standard InChI is InChI=1S/C44H56P2/c1-5-19-35(20-6-1)45(36-21-7-2-8-22-36)41-31-29-33-17-13-15-27-39(33)43(41)44-40-28-16-14-18-34(40)30-32-42(44)46(37-23-9-3-10-24-37)38-25-11-4-12-26-38/h13-18,27-32,35-38H,1-12,19-26H2. The van der Waals surface area contributed by atoms with Crippen LogP contribution in [0.1, 0.15) is 128 Å². The lowest BCUT2D eigenvalue weighted by molar-refractivity contribution is 0.487. The van der Waals surface area contributed by atoms with Crippen LogP contribution >= 0.6 is 15.8 Å². The van der Waals surface area contributed by atoms with Crippen molar-refractivity contribution in [2.75, 3.05) is 0 Å². The van der Waals surface area contributed by atoms with Gasteiger partial charge in [-0.05, 0) is 117 Å². The molecule has 0 aromatic heterocycles. The van der Waals surface area contributed by atoms with E-state index in [1.165, 1.54) is 139 Å². The van der Waals surface area contributed by atoms with E-state index in [1.54, 1.807) is 32.5 Å². The van der Waals surface area contributed by atoms with Crippen molar-refractivity contribution < 1.29 is 0 Å². The Hall–Kier alpha value is -1.74. The number of hydrogen-bond acceptors (Lipinski definition) is 0. The van der Waals surface area contributed by atoms with E-state index in [0.717, 1.165) is 22.6 Å². The molecule has 4 aromatic carbocycles. The lowest BCUT2D eigenvalue weighted by Crippen LogP contribution is -2.30. The number of hydrogen-bond donors (Lipinski definition) is 0. The highest BCUT2D eigenvalue weighted by molar-refractivity contribution is 7.68. The molecule has 4 saturated carbocycles. The second kappa shape index (κ2) is 14.8. The van der Waals surface area contributed by atoms with Gasteiger partial charge in [-0.1, -0.05) is 166 Å². The maximum absolute atomic E-state index is 2.70. The smallest absolute Gasteiger partial charge is 0.00155 e. The average Bonchev–Trinajstić information content (AvgIpc) is 3.14. The van der Waals surface area contributed by atoms with E-state index in [1.807, 2.05) is 0 Å². The highest BCUT2D eigenvalue weighted by Gasteiger charge is 2.38. The molecule has 46 heavy (non-hydrogen) atoms. The van der Waals surface area contributed by atoms with Crippen LogP contribution in [0.4, 0.5) is 0 Å². The van der Waals surface area contributed by atoms with E-state index >= 15 is 0 Å². The van der Waals surface area contributed by atoms with E-state index in [9.17, 15) is 0 Å². The molecule has 4 fully saturated rings. The van der Waals surface area contributed by atoms with Crippen LogP contribution in [0.15, 0.2) is 72.8 Å². The molecule has 0 nitrogen and oxygen atoms in total. The highest BCUT2D eigenvalue weighted by atomic mass is 31.1. The first-order valence-corrected chi connectivity index (χ1v) is 22.4. The van der Waals surface area contributed by atoms with E-state index in [2.05, 4.69) is 72.8 Å². The van der Waals surface area contributed by atoms with Gasteiger partial charge in [0, 0.05) is 0 Å². The molecule has 4 aliphatic carbocycles. The Bertz CT molecular complexity index is 1440. The van der Waals surface area contributed by atoms with Crippen molar-refractivity contribution in [3.05, 3.63) is 72.8 Å². The Kier molecular flexibility index (Phi) is 10.1. The molecule has 242 valence electrons. The Morgan fingerprint density at radius 1 is 0.326 bits per heavy atom. The van der Waals surface area contributed by atoms with Gasteiger partial charge in [0.2, 0.25) is 0 Å². The average molecular weight is 647 g/mol. The van der Waals surface area contributed by atoms with Gasteiger partial charge in [-0.25, -0.2) is 0 Å². The molecule has 0 atom stereocenters. The summed E-state index contributed by atoms with van der Waals surface area (Å²) >= 11 is 0. The van der Waals surface area contributed by atoms with E-state index in [-0.39, 0.29) is 15.8 Å². The second-order valence-corrected chi connectivity index (χ2v) is 20.9. The van der Waals surface area contributed by atoms with Gasteiger partial charge in [0.05, 0.1) is 0 Å².